The molecule has 4 heterocycles. The van der Waals surface area contributed by atoms with Crippen LogP contribution in [0.25, 0.3) is 0 Å². The molecule has 11 nitrogen and oxygen atoms in total. The molecular weight excluding hydrogens is 462 g/mol. The lowest BCUT2D eigenvalue weighted by Gasteiger charge is -2.41. The maximum Gasteiger partial charge on any atom is 0.333 e. The minimum atomic E-state index is -0.977. The summed E-state index contributed by atoms with van der Waals surface area (Å²) in [6.07, 6.45) is 0.292. The monoisotopic (exact) mass is 487 g/mol. The van der Waals surface area contributed by atoms with Crippen LogP contribution in [-0.4, -0.2) is 91.3 Å². The van der Waals surface area contributed by atoms with Crippen molar-refractivity contribution >= 4 is 53.2 Å². The molecule has 0 aliphatic carbocycles. The predicted molar refractivity (Wildman–Crippen MR) is 113 cm³/mol. The molecule has 4 aliphatic rings. The first-order chi connectivity index (χ1) is 14.9. The van der Waals surface area contributed by atoms with Crippen LogP contribution >= 0.6 is 23.5 Å². The molecule has 32 heavy (non-hydrogen) atoms. The first-order valence-corrected chi connectivity index (χ1v) is 11.8. The van der Waals surface area contributed by atoms with Gasteiger partial charge in [0.1, 0.15) is 30.1 Å². The molecule has 2 N–H and O–H groups in total. The number of carbonyl (C=O) groups excluding carboxylic acids is 5. The Morgan fingerprint density at radius 3 is 2.25 bits per heavy atom. The molecule has 13 heteroatoms. The van der Waals surface area contributed by atoms with Crippen molar-refractivity contribution in [2.24, 2.45) is 5.73 Å². The lowest BCUT2D eigenvalue weighted by molar-refractivity contribution is -0.181. The van der Waals surface area contributed by atoms with Gasteiger partial charge in [0.05, 0.1) is 16.5 Å². The van der Waals surface area contributed by atoms with Crippen LogP contribution < -0.4 is 5.73 Å². The molecule has 0 aromatic carbocycles. The number of carbonyl (C=O) groups is 5. The Balaban J connectivity index is 1.37. The number of amides is 2. The fourth-order valence-corrected chi connectivity index (χ4v) is 7.76. The molecule has 0 radical (unpaired) electrons. The Bertz CT molecular complexity index is 898. The summed E-state index contributed by atoms with van der Waals surface area (Å²) in [7, 11) is 0. The van der Waals surface area contributed by atoms with Crippen molar-refractivity contribution in [1.29, 1.82) is 0 Å². The quantitative estimate of drug-likeness (QED) is 0.291. The van der Waals surface area contributed by atoms with Gasteiger partial charge >= 0.3 is 17.9 Å². The zero-order chi connectivity index (χ0) is 23.6. The highest BCUT2D eigenvalue weighted by Gasteiger charge is 2.64. The minimum Gasteiger partial charge on any atom is -0.464 e. The molecule has 6 atom stereocenters. The summed E-state index contributed by atoms with van der Waals surface area (Å²) in [5, 5.41) is -0.484. The third-order valence-corrected chi connectivity index (χ3v) is 9.24. The molecule has 4 aliphatic heterocycles. The summed E-state index contributed by atoms with van der Waals surface area (Å²) in [4.78, 5) is 63.8. The first-order valence-electron chi connectivity index (χ1n) is 10.1. The summed E-state index contributed by atoms with van der Waals surface area (Å²) in [6.45, 7) is 5.89. The van der Waals surface area contributed by atoms with Gasteiger partial charge in [0, 0.05) is 11.7 Å². The van der Waals surface area contributed by atoms with Gasteiger partial charge in [0.25, 0.3) is 0 Å². The van der Waals surface area contributed by atoms with E-state index in [1.165, 1.54) is 40.2 Å². The maximum atomic E-state index is 12.8. The number of thioether (sulfide) groups is 2. The predicted octanol–water partition coefficient (Wildman–Crippen LogP) is -0.584. The van der Waals surface area contributed by atoms with Crippen molar-refractivity contribution in [3.05, 3.63) is 0 Å². The highest BCUT2D eigenvalue weighted by atomic mass is 32.2. The number of ether oxygens (including phenoxy) is 3. The normalized spacial score (nSPS) is 36.6. The highest BCUT2D eigenvalue weighted by Crippen LogP contribution is 2.52. The number of fused-ring (bicyclic) bond motifs is 2. The highest BCUT2D eigenvalue weighted by molar-refractivity contribution is 8.02. The Hall–Kier alpha value is -1.99. The lowest BCUT2D eigenvalue weighted by Crippen LogP contribution is -2.68. The molecular formula is C19H25N3O8S2. The molecule has 2 amide bonds. The van der Waals surface area contributed by atoms with Crippen molar-refractivity contribution in [1.82, 2.24) is 9.80 Å². The molecule has 4 saturated heterocycles. The van der Waals surface area contributed by atoms with Gasteiger partial charge in [0.2, 0.25) is 18.6 Å². The van der Waals surface area contributed by atoms with Crippen LogP contribution in [-0.2, 0) is 38.2 Å². The second-order valence-corrected chi connectivity index (χ2v) is 12.4. The van der Waals surface area contributed by atoms with E-state index in [2.05, 4.69) is 0 Å². The van der Waals surface area contributed by atoms with Gasteiger partial charge in [0.15, 0.2) is 0 Å². The van der Waals surface area contributed by atoms with Crippen LogP contribution in [0.1, 0.15) is 34.1 Å². The van der Waals surface area contributed by atoms with Gasteiger partial charge in [-0.15, -0.1) is 23.5 Å². The van der Waals surface area contributed by atoms with Crippen LogP contribution in [0.2, 0.25) is 0 Å². The number of nitrogens with two attached hydrogens (primary N) is 1. The van der Waals surface area contributed by atoms with Crippen LogP contribution in [0, 0.1) is 0 Å². The standard InChI is InChI=1S/C19H25N3O8S2/c1-8(23)28-6-19(4)13(21-9(24)5-10(21)31-19)17(27)30-7-29-16(26)12-18(2,3)32-15-11(20)14(25)22(12)15/h10-13,15H,5-7,20H2,1-4H3/t10-,11-,12+,13+,15-,19+/m1/s1. The molecule has 0 spiro atoms. The molecule has 4 fully saturated rings. The third-order valence-electron chi connectivity index (χ3n) is 6.10. The average Bonchev–Trinajstić information content (AvgIpc) is 3.11. The molecule has 4 rings (SSSR count). The smallest absolute Gasteiger partial charge is 0.333 e. The maximum absolute atomic E-state index is 12.8. The largest absolute Gasteiger partial charge is 0.464 e. The minimum absolute atomic E-state index is 0.0704. The van der Waals surface area contributed by atoms with E-state index in [9.17, 15) is 24.0 Å². The van der Waals surface area contributed by atoms with Gasteiger partial charge in [-0.3, -0.25) is 14.4 Å². The van der Waals surface area contributed by atoms with Crippen molar-refractivity contribution in [2.75, 3.05) is 13.4 Å². The molecule has 0 aromatic rings. The van der Waals surface area contributed by atoms with Crippen LogP contribution in [0.15, 0.2) is 0 Å². The SMILES string of the molecule is CC(=O)OC[C@]1(C)S[C@@H]2CC(=O)N2[C@H]1C(=O)OCOC(=O)[C@@H]1N2C(=O)[C@@H](N)[C@H]2SC1(C)C. The van der Waals surface area contributed by atoms with E-state index < -0.39 is 52.3 Å². The van der Waals surface area contributed by atoms with E-state index >= 15 is 0 Å². The molecule has 176 valence electrons. The Morgan fingerprint density at radius 2 is 1.66 bits per heavy atom. The van der Waals surface area contributed by atoms with Gasteiger partial charge in [-0.1, -0.05) is 0 Å². The second kappa shape index (κ2) is 7.80. The third kappa shape index (κ3) is 3.54. The average molecular weight is 488 g/mol. The van der Waals surface area contributed by atoms with E-state index in [0.29, 0.717) is 6.42 Å². The molecule has 0 saturated carbocycles. The number of nitrogens with zero attached hydrogens (tertiary/aromatic N) is 2. The van der Waals surface area contributed by atoms with E-state index in [-0.39, 0.29) is 29.2 Å². The van der Waals surface area contributed by atoms with Crippen molar-refractivity contribution in [2.45, 2.75) is 72.5 Å². The summed E-state index contributed by atoms with van der Waals surface area (Å²) in [5.41, 5.74) is 5.81. The van der Waals surface area contributed by atoms with Gasteiger partial charge < -0.3 is 29.7 Å². The van der Waals surface area contributed by atoms with E-state index in [1.54, 1.807) is 6.92 Å². The molecule has 0 unspecified atom stereocenters. The summed E-state index contributed by atoms with van der Waals surface area (Å²) >= 11 is 2.80. The Kier molecular flexibility index (Phi) is 5.65. The number of hydrogen-bond acceptors (Lipinski definition) is 11. The van der Waals surface area contributed by atoms with Gasteiger partial charge in [-0.2, -0.15) is 0 Å². The lowest BCUT2D eigenvalue weighted by atomic mass is 9.96. The number of β-lactam (4-membered cyclic amide) rings is 2. The zero-order valence-corrected chi connectivity index (χ0v) is 19.7. The first kappa shape index (κ1) is 23.2. The van der Waals surface area contributed by atoms with E-state index in [4.69, 9.17) is 19.9 Å². The van der Waals surface area contributed by atoms with Gasteiger partial charge in [-0.05, 0) is 20.8 Å². The van der Waals surface area contributed by atoms with Gasteiger partial charge in [-0.25, -0.2) is 9.59 Å². The number of rotatable bonds is 6. The van der Waals surface area contributed by atoms with Crippen molar-refractivity contribution < 1.29 is 38.2 Å². The number of esters is 3. The van der Waals surface area contributed by atoms with Crippen LogP contribution in [0.4, 0.5) is 0 Å². The fourth-order valence-electron chi connectivity index (χ4n) is 4.53. The molecule has 0 aromatic heterocycles. The summed E-state index contributed by atoms with van der Waals surface area (Å²) < 4.78 is 14.0. The molecule has 0 bridgehead atoms. The Labute approximate surface area is 193 Å². The second-order valence-electron chi connectivity index (χ2n) is 8.90. The van der Waals surface area contributed by atoms with Crippen LogP contribution in [0.3, 0.4) is 0 Å². The zero-order valence-electron chi connectivity index (χ0n) is 18.1. The number of hydrogen-bond donors (Lipinski definition) is 1. The van der Waals surface area contributed by atoms with E-state index in [0.717, 1.165) is 0 Å². The summed E-state index contributed by atoms with van der Waals surface area (Å²) in [6, 6.07) is -2.47. The van der Waals surface area contributed by atoms with Crippen LogP contribution in [0.5, 0.6) is 0 Å². The summed E-state index contributed by atoms with van der Waals surface area (Å²) in [5.74, 6) is -2.46. The van der Waals surface area contributed by atoms with E-state index in [1.807, 2.05) is 13.8 Å². The Morgan fingerprint density at radius 1 is 1.03 bits per heavy atom. The topological polar surface area (TPSA) is 146 Å². The fraction of sp³-hybridized carbons (Fsp3) is 0.737. The van der Waals surface area contributed by atoms with Crippen molar-refractivity contribution in [3.63, 3.8) is 0 Å². The van der Waals surface area contributed by atoms with Crippen molar-refractivity contribution in [3.8, 4) is 0 Å².